The number of rotatable bonds is 12. The SMILES string of the molecule is C=CC1O[C@H]2C[C@H]3OC[C@@]3(OC(C)=O)[C@H]3[C@H](OC(=O)c4ccccc4)[C@]4(C(C)(C)O)C[C@H](OC(=O)C(O)[C@H](CC(C)C)NC(=O)OC(C)(C)C)C(C)=C([C@H](OC(C)=O)[C@H](O1)[C@]23C)C4(C)C. The van der Waals surface area contributed by atoms with Gasteiger partial charge in [0.2, 0.25) is 0 Å². The molecule has 0 aromatic heterocycles. The van der Waals surface area contributed by atoms with Crippen LogP contribution in [0.25, 0.3) is 0 Å². The second-order valence-electron chi connectivity index (χ2n) is 21.1. The lowest BCUT2D eigenvalue weighted by Crippen LogP contribution is -2.84. The second-order valence-corrected chi connectivity index (χ2v) is 21.1. The van der Waals surface area contributed by atoms with Crippen LogP contribution >= 0.6 is 0 Å². The van der Waals surface area contributed by atoms with Crippen LogP contribution < -0.4 is 5.32 Å². The maximum absolute atomic E-state index is 14.8. The van der Waals surface area contributed by atoms with Gasteiger partial charge in [-0.1, -0.05) is 59.4 Å². The summed E-state index contributed by atoms with van der Waals surface area (Å²) in [5.41, 5.74) is -7.69. The fraction of sp³-hybridized carbons (Fsp3) is 0.694. The monoisotopic (exact) mass is 911 g/mol. The molecule has 360 valence electrons. The number of aliphatic hydroxyl groups excluding tert-OH is 1. The highest BCUT2D eigenvalue weighted by molar-refractivity contribution is 5.89. The maximum Gasteiger partial charge on any atom is 0.407 e. The molecule has 3 aliphatic carbocycles. The molecule has 1 amide bonds. The van der Waals surface area contributed by atoms with Gasteiger partial charge in [-0.05, 0) is 83.2 Å². The van der Waals surface area contributed by atoms with Crippen molar-refractivity contribution < 1.29 is 72.1 Å². The van der Waals surface area contributed by atoms with Crippen molar-refractivity contribution >= 4 is 30.0 Å². The summed E-state index contributed by atoms with van der Waals surface area (Å²) in [6, 6.07) is 7.18. The van der Waals surface area contributed by atoms with Crippen molar-refractivity contribution in [3.63, 3.8) is 0 Å². The first-order chi connectivity index (χ1) is 30.0. The summed E-state index contributed by atoms with van der Waals surface area (Å²) in [7, 11) is 0. The van der Waals surface area contributed by atoms with Gasteiger partial charge < -0.3 is 53.4 Å². The summed E-state index contributed by atoms with van der Waals surface area (Å²) in [5.74, 6) is -4.39. The van der Waals surface area contributed by atoms with Crippen molar-refractivity contribution in [2.45, 2.75) is 181 Å². The molecule has 4 fully saturated rings. The van der Waals surface area contributed by atoms with E-state index in [1.165, 1.54) is 19.9 Å². The molecule has 2 heterocycles. The van der Waals surface area contributed by atoms with E-state index in [4.69, 9.17) is 37.9 Å². The average Bonchev–Trinajstić information content (AvgIpc) is 3.17. The molecule has 1 aromatic carbocycles. The van der Waals surface area contributed by atoms with Crippen molar-refractivity contribution in [1.82, 2.24) is 5.32 Å². The highest BCUT2D eigenvalue weighted by atomic mass is 16.7. The number of amides is 1. The Morgan fingerprint density at radius 3 is 2.12 bits per heavy atom. The van der Waals surface area contributed by atoms with E-state index in [2.05, 4.69) is 11.9 Å². The van der Waals surface area contributed by atoms with Gasteiger partial charge in [0, 0.05) is 42.9 Å². The molecule has 16 heteroatoms. The first-order valence-electron chi connectivity index (χ1n) is 22.5. The third kappa shape index (κ3) is 8.74. The third-order valence-electron chi connectivity index (χ3n) is 14.6. The topological polar surface area (TPSA) is 212 Å². The molecule has 2 saturated heterocycles. The van der Waals surface area contributed by atoms with Crippen molar-refractivity contribution in [2.24, 2.45) is 28.1 Å². The quantitative estimate of drug-likeness (QED) is 0.127. The lowest BCUT2D eigenvalue weighted by Gasteiger charge is -2.73. The zero-order valence-electron chi connectivity index (χ0n) is 40.1. The maximum atomic E-state index is 14.8. The van der Waals surface area contributed by atoms with Crippen LogP contribution in [0.4, 0.5) is 4.79 Å². The predicted molar refractivity (Wildman–Crippen MR) is 234 cm³/mol. The van der Waals surface area contributed by atoms with Crippen LogP contribution in [0.3, 0.4) is 0 Å². The molecule has 65 heavy (non-hydrogen) atoms. The summed E-state index contributed by atoms with van der Waals surface area (Å²) < 4.78 is 51.4. The number of nitrogens with one attached hydrogen (secondary N) is 1. The summed E-state index contributed by atoms with van der Waals surface area (Å²) in [5, 5.41) is 27.6. The minimum atomic E-state index is -1.90. The Bertz CT molecular complexity index is 2050. The molecule has 16 nitrogen and oxygen atoms in total. The van der Waals surface area contributed by atoms with Crippen molar-refractivity contribution in [3.8, 4) is 0 Å². The lowest BCUT2D eigenvalue weighted by atomic mass is 9.38. The van der Waals surface area contributed by atoms with E-state index in [0.29, 0.717) is 11.1 Å². The van der Waals surface area contributed by atoms with Crippen LogP contribution in [0, 0.1) is 28.1 Å². The predicted octanol–water partition coefficient (Wildman–Crippen LogP) is 5.90. The highest BCUT2D eigenvalue weighted by Crippen LogP contribution is 2.71. The van der Waals surface area contributed by atoms with Gasteiger partial charge in [0.05, 0.1) is 35.8 Å². The van der Waals surface area contributed by atoms with E-state index >= 15 is 0 Å². The smallest absolute Gasteiger partial charge is 0.407 e. The fourth-order valence-electron chi connectivity index (χ4n) is 12.1. The Hall–Kier alpha value is -4.35. The summed E-state index contributed by atoms with van der Waals surface area (Å²) >= 11 is 0. The summed E-state index contributed by atoms with van der Waals surface area (Å²) in [4.78, 5) is 69.2. The van der Waals surface area contributed by atoms with Gasteiger partial charge >= 0.3 is 30.0 Å². The number of carbonyl (C=O) groups excluding carboxylic acids is 5. The minimum Gasteiger partial charge on any atom is -0.458 e. The number of esters is 4. The van der Waals surface area contributed by atoms with Crippen LogP contribution in [0.2, 0.25) is 0 Å². The largest absolute Gasteiger partial charge is 0.458 e. The first-order valence-corrected chi connectivity index (χ1v) is 22.5. The van der Waals surface area contributed by atoms with Crippen molar-refractivity contribution in [2.75, 3.05) is 6.61 Å². The van der Waals surface area contributed by atoms with Gasteiger partial charge in [-0.15, -0.1) is 0 Å². The molecule has 2 saturated carbocycles. The highest BCUT2D eigenvalue weighted by Gasteiger charge is 2.81. The molecule has 0 spiro atoms. The molecular weight excluding hydrogens is 843 g/mol. The molecule has 2 aliphatic heterocycles. The fourth-order valence-corrected chi connectivity index (χ4v) is 12.1. The Morgan fingerprint density at radius 1 is 0.954 bits per heavy atom. The molecule has 6 rings (SSSR count). The number of carbonyl (C=O) groups is 5. The number of aliphatic hydroxyl groups is 2. The molecular formula is C49H69NO15. The molecule has 5 aliphatic rings. The van der Waals surface area contributed by atoms with Gasteiger partial charge in [0.1, 0.15) is 30.0 Å². The molecule has 3 N–H and O–H groups in total. The Balaban J connectivity index is 1.65. The van der Waals surface area contributed by atoms with Crippen molar-refractivity contribution in [3.05, 3.63) is 59.7 Å². The van der Waals surface area contributed by atoms with Crippen LogP contribution in [0.15, 0.2) is 54.1 Å². The number of fused-ring (bicyclic) bond motifs is 4. The van der Waals surface area contributed by atoms with Crippen molar-refractivity contribution in [1.29, 1.82) is 0 Å². The number of hydrogen-bond acceptors (Lipinski definition) is 15. The molecule has 0 radical (unpaired) electrons. The minimum absolute atomic E-state index is 0.0947. The van der Waals surface area contributed by atoms with E-state index in [1.54, 1.807) is 71.9 Å². The lowest BCUT2D eigenvalue weighted by molar-refractivity contribution is -0.407. The average molecular weight is 912 g/mol. The Labute approximate surface area is 382 Å². The van der Waals surface area contributed by atoms with Crippen LogP contribution in [0.5, 0.6) is 0 Å². The third-order valence-corrected chi connectivity index (χ3v) is 14.6. The second kappa shape index (κ2) is 17.7. The van der Waals surface area contributed by atoms with E-state index in [1.807, 2.05) is 34.6 Å². The standard InChI is InChI=1S/C49H69NO15/c1-15-34-61-32-22-33-48(24-58-33,64-28(6)52)38-40(63-41(54)29-19-17-16-18-20-29)49(46(12,13)57)23-31(60-42(55)36(53)30(21-25(2)3)50-43(56)65-44(7,8)9)26(4)35(45(49,10)11)37(59-27(5)51)39(62-34)47(32,38)14/h15-20,25,30-34,36-40,53,57H,1,21-24H2,2-14H3,(H,50,56)/t30-,31-,32-,33+,34?,36?,37-,38-,39-,40-,47+,48-,49+/m0/s1. The molecule has 2 unspecified atom stereocenters. The first kappa shape index (κ1) is 50.1. The van der Waals surface area contributed by atoms with Gasteiger partial charge in [-0.3, -0.25) is 9.59 Å². The summed E-state index contributed by atoms with van der Waals surface area (Å²) in [6.45, 7) is 25.6. The van der Waals surface area contributed by atoms with Gasteiger partial charge in [-0.25, -0.2) is 14.4 Å². The number of hydrogen-bond donors (Lipinski definition) is 3. The molecule has 1 aromatic rings. The van der Waals surface area contributed by atoms with Crippen LogP contribution in [-0.2, 0) is 52.3 Å². The van der Waals surface area contributed by atoms with Gasteiger partial charge in [0.15, 0.2) is 24.1 Å². The van der Waals surface area contributed by atoms with E-state index in [-0.39, 0.29) is 37.4 Å². The number of alkyl carbamates (subject to hydrolysis) is 1. The number of ether oxygens (including phenoxy) is 8. The zero-order valence-corrected chi connectivity index (χ0v) is 40.1. The Morgan fingerprint density at radius 2 is 1.60 bits per heavy atom. The van der Waals surface area contributed by atoms with Gasteiger partial charge in [0.25, 0.3) is 0 Å². The molecule has 13 atom stereocenters. The zero-order chi connectivity index (χ0) is 48.4. The number of benzene rings is 1. The van der Waals surface area contributed by atoms with Crippen LogP contribution in [-0.4, -0.2) is 119 Å². The molecule has 2 bridgehead atoms. The summed E-state index contributed by atoms with van der Waals surface area (Å²) in [6.07, 6.45) is -8.88. The van der Waals surface area contributed by atoms with Crippen LogP contribution in [0.1, 0.15) is 120 Å². The normalized spacial score (nSPS) is 34.7. The van der Waals surface area contributed by atoms with E-state index in [9.17, 15) is 34.2 Å². The van der Waals surface area contributed by atoms with E-state index < -0.39 is 124 Å². The Kier molecular flexibility index (Phi) is 13.6. The van der Waals surface area contributed by atoms with Gasteiger partial charge in [-0.2, -0.15) is 0 Å². The van der Waals surface area contributed by atoms with E-state index in [0.717, 1.165) is 0 Å².